The minimum Gasteiger partial charge on any atom is -0.273 e. The summed E-state index contributed by atoms with van der Waals surface area (Å²) in [4.78, 5) is 33.6. The highest BCUT2D eigenvalue weighted by Gasteiger charge is 2.17. The van der Waals surface area contributed by atoms with Gasteiger partial charge in [-0.2, -0.15) is 0 Å². The van der Waals surface area contributed by atoms with E-state index in [1.165, 1.54) is 0 Å². The second-order valence-electron chi connectivity index (χ2n) is 6.78. The predicted molar refractivity (Wildman–Crippen MR) is 107 cm³/mol. The maximum Gasteiger partial charge on any atom is 0.270 e. The highest BCUT2D eigenvalue weighted by Crippen LogP contribution is 2.24. The fourth-order valence-electron chi connectivity index (χ4n) is 3.38. The van der Waals surface area contributed by atoms with E-state index in [0.717, 1.165) is 23.8 Å². The van der Waals surface area contributed by atoms with Crippen LogP contribution in [-0.2, 0) is 4.79 Å². The molecule has 3 aromatic rings. The molecule has 0 radical (unpaired) electrons. The van der Waals surface area contributed by atoms with Crippen LogP contribution in [0.3, 0.4) is 0 Å². The van der Waals surface area contributed by atoms with E-state index in [1.54, 1.807) is 18.5 Å². The number of nitrogens with zero attached hydrogens (tertiary/aromatic N) is 2. The normalized spacial score (nSPS) is 15.5. The first-order chi connectivity index (χ1) is 13.7. The van der Waals surface area contributed by atoms with Crippen LogP contribution in [0, 0.1) is 5.92 Å². The van der Waals surface area contributed by atoms with Gasteiger partial charge in [-0.1, -0.05) is 30.4 Å². The Morgan fingerprint density at radius 3 is 2.68 bits per heavy atom. The van der Waals surface area contributed by atoms with Gasteiger partial charge in [0.1, 0.15) is 0 Å². The van der Waals surface area contributed by atoms with Crippen LogP contribution in [0.4, 0.5) is 0 Å². The number of hydrazine groups is 1. The van der Waals surface area contributed by atoms with E-state index in [2.05, 4.69) is 33.0 Å². The summed E-state index contributed by atoms with van der Waals surface area (Å²) in [5.74, 6) is -0.321. The van der Waals surface area contributed by atoms with E-state index in [4.69, 9.17) is 0 Å². The molecule has 0 spiro atoms. The van der Waals surface area contributed by atoms with Crippen molar-refractivity contribution in [1.82, 2.24) is 20.8 Å². The number of pyridine rings is 2. The largest absolute Gasteiger partial charge is 0.273 e. The van der Waals surface area contributed by atoms with Crippen LogP contribution in [0.2, 0.25) is 0 Å². The number of carbonyl (C=O) groups excluding carboxylic acids is 2. The summed E-state index contributed by atoms with van der Waals surface area (Å²) in [6.07, 6.45) is 9.86. The predicted octanol–water partition coefficient (Wildman–Crippen LogP) is 3.41. The van der Waals surface area contributed by atoms with E-state index >= 15 is 0 Å². The Balaban J connectivity index is 1.57. The number of allylic oxidation sites excluding steroid dienone is 2. The van der Waals surface area contributed by atoms with Crippen LogP contribution in [-0.4, -0.2) is 21.8 Å². The number of rotatable bonds is 4. The van der Waals surface area contributed by atoms with Crippen molar-refractivity contribution < 1.29 is 9.59 Å². The molecule has 1 aliphatic carbocycles. The van der Waals surface area contributed by atoms with Crippen LogP contribution < -0.4 is 10.9 Å². The highest BCUT2D eigenvalue weighted by atomic mass is 16.2. The number of carbonyl (C=O) groups is 2. The fraction of sp³-hybridized carbons (Fsp3) is 0.182. The van der Waals surface area contributed by atoms with Crippen molar-refractivity contribution in [2.24, 2.45) is 5.92 Å². The lowest BCUT2D eigenvalue weighted by atomic mass is 10.0. The molecule has 2 aromatic heterocycles. The molecule has 2 N–H and O–H groups in total. The lowest BCUT2D eigenvalue weighted by molar-refractivity contribution is -0.122. The van der Waals surface area contributed by atoms with Crippen molar-refractivity contribution in [3.05, 3.63) is 72.6 Å². The molecular weight excluding hydrogens is 352 g/mol. The topological polar surface area (TPSA) is 84.0 Å². The quantitative estimate of drug-likeness (QED) is 0.543. The number of fused-ring (bicyclic) bond motifs is 1. The van der Waals surface area contributed by atoms with E-state index in [1.807, 2.05) is 36.4 Å². The van der Waals surface area contributed by atoms with Gasteiger partial charge in [0.25, 0.3) is 5.91 Å². The van der Waals surface area contributed by atoms with Crippen LogP contribution in [0.5, 0.6) is 0 Å². The summed E-state index contributed by atoms with van der Waals surface area (Å²) in [5.41, 5.74) is 7.78. The molecule has 0 aliphatic heterocycles. The minimum atomic E-state index is -0.371. The Kier molecular flexibility index (Phi) is 5.10. The second kappa shape index (κ2) is 8.00. The average molecular weight is 372 g/mol. The Morgan fingerprint density at radius 2 is 1.89 bits per heavy atom. The number of para-hydroxylation sites is 1. The summed E-state index contributed by atoms with van der Waals surface area (Å²) in [5, 5.41) is 0.728. The SMILES string of the molecule is O=C(C[C@@H]1C=CCC1)NNC(=O)c1cc(-c2ccncc2)nc2ccccc12. The van der Waals surface area contributed by atoms with Gasteiger partial charge in [-0.05, 0) is 43.0 Å². The average Bonchev–Trinajstić information content (AvgIpc) is 3.25. The summed E-state index contributed by atoms with van der Waals surface area (Å²) < 4.78 is 0. The number of hydrogen-bond donors (Lipinski definition) is 2. The van der Waals surface area contributed by atoms with Gasteiger partial charge in [0, 0.05) is 29.8 Å². The van der Waals surface area contributed by atoms with E-state index in [-0.39, 0.29) is 17.7 Å². The number of hydrogen-bond acceptors (Lipinski definition) is 4. The molecule has 1 atom stereocenters. The molecule has 0 saturated carbocycles. The second-order valence-corrected chi connectivity index (χ2v) is 6.78. The van der Waals surface area contributed by atoms with Gasteiger partial charge in [-0.15, -0.1) is 0 Å². The van der Waals surface area contributed by atoms with E-state index < -0.39 is 0 Å². The van der Waals surface area contributed by atoms with E-state index in [9.17, 15) is 9.59 Å². The van der Waals surface area contributed by atoms with Gasteiger partial charge < -0.3 is 0 Å². The monoisotopic (exact) mass is 372 g/mol. The molecule has 6 nitrogen and oxygen atoms in total. The minimum absolute atomic E-state index is 0.197. The zero-order valence-electron chi connectivity index (χ0n) is 15.3. The van der Waals surface area contributed by atoms with Gasteiger partial charge in [0.2, 0.25) is 5.91 Å². The first kappa shape index (κ1) is 17.9. The third-order valence-corrected chi connectivity index (χ3v) is 4.81. The van der Waals surface area contributed by atoms with Gasteiger partial charge in [-0.25, -0.2) is 4.98 Å². The molecule has 0 fully saturated rings. The summed E-state index contributed by atoms with van der Waals surface area (Å²) in [6, 6.07) is 12.9. The Labute approximate surface area is 162 Å². The van der Waals surface area contributed by atoms with Crippen LogP contribution in [0.15, 0.2) is 67.0 Å². The number of nitrogens with one attached hydrogen (secondary N) is 2. The molecule has 6 heteroatoms. The molecule has 0 bridgehead atoms. The van der Waals surface area contributed by atoms with Crippen molar-refractivity contribution in [2.45, 2.75) is 19.3 Å². The van der Waals surface area contributed by atoms with Crippen molar-refractivity contribution in [2.75, 3.05) is 0 Å². The van der Waals surface area contributed by atoms with Gasteiger partial charge >= 0.3 is 0 Å². The lowest BCUT2D eigenvalue weighted by Crippen LogP contribution is -2.42. The Morgan fingerprint density at radius 1 is 1.07 bits per heavy atom. The molecule has 0 saturated heterocycles. The summed E-state index contributed by atoms with van der Waals surface area (Å²) >= 11 is 0. The third kappa shape index (κ3) is 3.91. The molecule has 28 heavy (non-hydrogen) atoms. The van der Waals surface area contributed by atoms with Crippen molar-refractivity contribution in [3.63, 3.8) is 0 Å². The molecule has 1 aliphatic rings. The van der Waals surface area contributed by atoms with Crippen molar-refractivity contribution in [1.29, 1.82) is 0 Å². The zero-order chi connectivity index (χ0) is 19.3. The van der Waals surface area contributed by atoms with Gasteiger partial charge in [0.15, 0.2) is 0 Å². The van der Waals surface area contributed by atoms with Crippen molar-refractivity contribution in [3.8, 4) is 11.3 Å². The first-order valence-corrected chi connectivity index (χ1v) is 9.27. The summed E-state index contributed by atoms with van der Waals surface area (Å²) in [6.45, 7) is 0. The molecule has 0 unspecified atom stereocenters. The Hall–Kier alpha value is -3.54. The first-order valence-electron chi connectivity index (χ1n) is 9.27. The lowest BCUT2D eigenvalue weighted by Gasteiger charge is -2.12. The Bertz CT molecular complexity index is 1050. The standard InChI is InChI=1S/C22H20N4O2/c27-21(13-15-5-1-2-6-15)25-26-22(28)18-14-20(16-9-11-23-12-10-16)24-19-8-4-3-7-17(18)19/h1,3-5,7-12,14-15H,2,6,13H2,(H,25,27)(H,26,28)/t15-/m1/s1. The van der Waals surface area contributed by atoms with Crippen LogP contribution >= 0.6 is 0 Å². The van der Waals surface area contributed by atoms with Crippen LogP contribution in [0.1, 0.15) is 29.6 Å². The third-order valence-electron chi connectivity index (χ3n) is 4.81. The number of aromatic nitrogens is 2. The number of benzene rings is 1. The van der Waals surface area contributed by atoms with Crippen LogP contribution in [0.25, 0.3) is 22.2 Å². The fourth-order valence-corrected chi connectivity index (χ4v) is 3.38. The molecule has 140 valence electrons. The molecule has 1 aromatic carbocycles. The summed E-state index contributed by atoms with van der Waals surface area (Å²) in [7, 11) is 0. The molecule has 4 rings (SSSR count). The van der Waals surface area contributed by atoms with Crippen molar-refractivity contribution >= 4 is 22.7 Å². The zero-order valence-corrected chi connectivity index (χ0v) is 15.3. The molecular formula is C22H20N4O2. The van der Waals surface area contributed by atoms with E-state index in [0.29, 0.717) is 23.2 Å². The highest BCUT2D eigenvalue weighted by molar-refractivity contribution is 6.07. The smallest absolute Gasteiger partial charge is 0.270 e. The molecule has 2 amide bonds. The van der Waals surface area contributed by atoms with Gasteiger partial charge in [0.05, 0.1) is 16.8 Å². The number of amides is 2. The molecule has 2 heterocycles. The van der Waals surface area contributed by atoms with Gasteiger partial charge in [-0.3, -0.25) is 25.4 Å². The maximum atomic E-state index is 12.8. The maximum absolute atomic E-state index is 12.8.